The smallest absolute Gasteiger partial charge is 0.128 e. The van der Waals surface area contributed by atoms with E-state index in [1.54, 1.807) is 0 Å². The Morgan fingerprint density at radius 2 is 1.08 bits per heavy atom. The van der Waals surface area contributed by atoms with Gasteiger partial charge in [0.05, 0.1) is 0 Å². The van der Waals surface area contributed by atoms with Crippen molar-refractivity contribution >= 4 is 75.4 Å². The molecule has 7 heteroatoms. The van der Waals surface area contributed by atoms with Crippen LogP contribution in [-0.2, 0) is 0 Å². The number of nitrogens with two attached hydrogens (primary N) is 2. The Kier molecular flexibility index (Phi) is 42.1. The average Bonchev–Trinajstić information content (AvgIpc) is 1.85. The van der Waals surface area contributed by atoms with Gasteiger partial charge in [0.15, 0.2) is 0 Å². The summed E-state index contributed by atoms with van der Waals surface area (Å²) in [6.07, 6.45) is 2.64. The van der Waals surface area contributed by atoms with Gasteiger partial charge in [-0.2, -0.15) is 0 Å². The summed E-state index contributed by atoms with van der Waals surface area (Å²) in [4.78, 5) is 0. The van der Waals surface area contributed by atoms with Gasteiger partial charge in [0.1, 0.15) is 8.64 Å². The van der Waals surface area contributed by atoms with Crippen molar-refractivity contribution < 1.29 is 0 Å². The van der Waals surface area contributed by atoms with Crippen molar-refractivity contribution in [3.05, 3.63) is 0 Å². The number of hydrogen-bond acceptors (Lipinski definition) is 2. The van der Waals surface area contributed by atoms with E-state index in [4.69, 9.17) is 11.5 Å². The number of unbranched alkanes of at least 4 members (excludes halogenated alkanes) is 1. The zero-order valence-electron chi connectivity index (χ0n) is 7.69. The average molecular weight is 323 g/mol. The SMILES string of the molecule is CCCC.NC(=S)S.NC(=S)S.[Se]. The molecule has 2 nitrogen and oxygen atoms in total. The van der Waals surface area contributed by atoms with Gasteiger partial charge in [-0.1, -0.05) is 51.1 Å². The van der Waals surface area contributed by atoms with Crippen LogP contribution in [0.3, 0.4) is 0 Å². The molecule has 0 aliphatic carbocycles. The number of rotatable bonds is 1. The summed E-state index contributed by atoms with van der Waals surface area (Å²) < 4.78 is 0.389. The second-order valence-corrected chi connectivity index (χ2v) is 4.12. The first-order chi connectivity index (χ1) is 5.38. The molecule has 0 heterocycles. The van der Waals surface area contributed by atoms with Crippen LogP contribution in [0.25, 0.3) is 0 Å². The van der Waals surface area contributed by atoms with Crippen molar-refractivity contribution in [1.82, 2.24) is 0 Å². The Morgan fingerprint density at radius 1 is 1.00 bits per heavy atom. The summed E-state index contributed by atoms with van der Waals surface area (Å²) in [7, 11) is 0. The topological polar surface area (TPSA) is 52.0 Å². The Bertz CT molecular complexity index is 99.2. The van der Waals surface area contributed by atoms with Gasteiger partial charge in [-0.25, -0.2) is 0 Å². The van der Waals surface area contributed by atoms with Gasteiger partial charge in [0.25, 0.3) is 0 Å². The molecule has 0 bridgehead atoms. The zero-order valence-corrected chi connectivity index (χ0v) is 12.8. The molecular weight excluding hydrogens is 307 g/mol. The predicted molar refractivity (Wildman–Crippen MR) is 77.9 cm³/mol. The maximum absolute atomic E-state index is 4.71. The molecule has 0 aromatic heterocycles. The van der Waals surface area contributed by atoms with Crippen LogP contribution in [0.1, 0.15) is 26.7 Å². The van der Waals surface area contributed by atoms with E-state index in [2.05, 4.69) is 63.5 Å². The van der Waals surface area contributed by atoms with Crippen LogP contribution in [0.5, 0.6) is 0 Å². The van der Waals surface area contributed by atoms with Crippen molar-refractivity contribution in [3.63, 3.8) is 0 Å². The third-order valence-corrected chi connectivity index (χ3v) is 0.500. The van der Waals surface area contributed by atoms with Crippen LogP contribution >= 0.6 is 49.7 Å². The van der Waals surface area contributed by atoms with Gasteiger partial charge < -0.3 is 11.5 Å². The van der Waals surface area contributed by atoms with E-state index in [9.17, 15) is 0 Å². The van der Waals surface area contributed by atoms with Crippen molar-refractivity contribution in [3.8, 4) is 0 Å². The van der Waals surface area contributed by atoms with E-state index in [0.29, 0.717) is 0 Å². The minimum Gasteiger partial charge on any atom is -0.385 e. The molecule has 0 fully saturated rings. The molecule has 0 saturated carbocycles. The molecule has 0 saturated heterocycles. The Labute approximate surface area is 113 Å². The minimum absolute atomic E-state index is 0. The molecule has 2 radical (unpaired) electrons. The normalized spacial score (nSPS) is 6.15. The van der Waals surface area contributed by atoms with Crippen LogP contribution in [0.2, 0.25) is 0 Å². The first-order valence-electron chi connectivity index (χ1n) is 3.35. The summed E-state index contributed by atoms with van der Waals surface area (Å²) in [6.45, 7) is 4.36. The van der Waals surface area contributed by atoms with E-state index in [0.717, 1.165) is 0 Å². The first-order valence-corrected chi connectivity index (χ1v) is 5.06. The van der Waals surface area contributed by atoms with Gasteiger partial charge in [-0.05, 0) is 0 Å². The fourth-order valence-electron chi connectivity index (χ4n) is 0. The molecule has 0 atom stereocenters. The monoisotopic (exact) mass is 324 g/mol. The predicted octanol–water partition coefficient (Wildman–Crippen LogP) is 1.75. The first kappa shape index (κ1) is 23.7. The zero-order chi connectivity index (χ0) is 10.6. The largest absolute Gasteiger partial charge is 0.385 e. The third kappa shape index (κ3) is 393. The molecule has 0 unspecified atom stereocenters. The second kappa shape index (κ2) is 23.1. The molecule has 80 valence electrons. The van der Waals surface area contributed by atoms with Crippen LogP contribution in [0.4, 0.5) is 0 Å². The van der Waals surface area contributed by atoms with E-state index in [1.807, 2.05) is 0 Å². The van der Waals surface area contributed by atoms with E-state index in [1.165, 1.54) is 12.8 Å². The number of hydrogen-bond donors (Lipinski definition) is 4. The molecule has 0 rings (SSSR count). The number of thiocarbonyl (C=S) groups is 2. The van der Waals surface area contributed by atoms with Crippen LogP contribution in [0, 0.1) is 0 Å². The Balaban J connectivity index is -0.0000000450. The maximum atomic E-state index is 4.71. The third-order valence-electron chi connectivity index (χ3n) is 0.500. The van der Waals surface area contributed by atoms with Crippen molar-refractivity contribution in [2.75, 3.05) is 0 Å². The van der Waals surface area contributed by atoms with Gasteiger partial charge in [-0.15, -0.1) is 25.3 Å². The fourth-order valence-corrected chi connectivity index (χ4v) is 0. The van der Waals surface area contributed by atoms with Gasteiger partial charge >= 0.3 is 0 Å². The Hall–Kier alpha value is 0.999. The van der Waals surface area contributed by atoms with Crippen LogP contribution < -0.4 is 11.5 Å². The van der Waals surface area contributed by atoms with Gasteiger partial charge in [-0.3, -0.25) is 0 Å². The molecule has 0 aliphatic heterocycles. The summed E-state index contributed by atoms with van der Waals surface area (Å²) >= 11 is 15.3. The summed E-state index contributed by atoms with van der Waals surface area (Å²) in [5.74, 6) is 0. The van der Waals surface area contributed by atoms with Gasteiger partial charge in [0.2, 0.25) is 0 Å². The van der Waals surface area contributed by atoms with Crippen LogP contribution in [0.15, 0.2) is 0 Å². The van der Waals surface area contributed by atoms with E-state index < -0.39 is 0 Å². The molecule has 0 amide bonds. The Morgan fingerprint density at radius 3 is 1.08 bits per heavy atom. The van der Waals surface area contributed by atoms with Crippen LogP contribution in [-0.4, -0.2) is 25.7 Å². The molecule has 13 heavy (non-hydrogen) atoms. The minimum atomic E-state index is 0. The maximum Gasteiger partial charge on any atom is 0.128 e. The van der Waals surface area contributed by atoms with Gasteiger partial charge in [0, 0.05) is 17.1 Å². The molecule has 0 spiro atoms. The van der Waals surface area contributed by atoms with E-state index >= 15 is 0 Å². The quantitative estimate of drug-likeness (QED) is 0.337. The molecule has 4 N–H and O–H groups in total. The molecule has 0 aromatic rings. The summed E-state index contributed by atoms with van der Waals surface area (Å²) in [6, 6.07) is 0. The second-order valence-electron chi connectivity index (χ2n) is 1.68. The summed E-state index contributed by atoms with van der Waals surface area (Å²) in [5.41, 5.74) is 9.41. The van der Waals surface area contributed by atoms with Crippen molar-refractivity contribution in [1.29, 1.82) is 0 Å². The van der Waals surface area contributed by atoms with Crippen molar-refractivity contribution in [2.24, 2.45) is 11.5 Å². The molecular formula is C6H16N2S4Se. The fraction of sp³-hybridized carbons (Fsp3) is 0.667. The molecule has 0 aromatic carbocycles. The summed E-state index contributed by atoms with van der Waals surface area (Å²) in [5, 5.41) is 0. The standard InChI is InChI=1S/C4H10.2CH3NS2.Se/c1-3-4-2;2*2-1(3)4;/h3-4H2,1-2H3;2*(H3,2,3,4);. The van der Waals surface area contributed by atoms with E-state index in [-0.39, 0.29) is 25.7 Å². The molecule has 0 aliphatic rings. The number of thiol groups is 2. The van der Waals surface area contributed by atoms with Crippen molar-refractivity contribution in [2.45, 2.75) is 26.7 Å².